The van der Waals surface area contributed by atoms with Crippen molar-refractivity contribution >= 4 is 5.71 Å². The van der Waals surface area contributed by atoms with E-state index in [0.717, 1.165) is 24.4 Å². The molecular weight excluding hydrogens is 208 g/mol. The summed E-state index contributed by atoms with van der Waals surface area (Å²) in [5, 5.41) is 0. The molecule has 0 amide bonds. The van der Waals surface area contributed by atoms with Crippen LogP contribution in [0.1, 0.15) is 22.4 Å². The molecule has 0 fully saturated rings. The minimum Gasteiger partial charge on any atom is -0.282 e. The van der Waals surface area contributed by atoms with Gasteiger partial charge in [-0.15, -0.1) is 0 Å². The third-order valence-corrected chi connectivity index (χ3v) is 3.08. The average molecular weight is 222 g/mol. The van der Waals surface area contributed by atoms with Crippen LogP contribution in [0.5, 0.6) is 0 Å². The zero-order valence-corrected chi connectivity index (χ0v) is 9.85. The van der Waals surface area contributed by atoms with Gasteiger partial charge in [0, 0.05) is 18.3 Å². The Hall–Kier alpha value is -1.96. The summed E-state index contributed by atoms with van der Waals surface area (Å²) in [7, 11) is 0. The topological polar surface area (TPSA) is 25.2 Å². The molecule has 0 saturated carbocycles. The van der Waals surface area contributed by atoms with Crippen LogP contribution in [0.4, 0.5) is 0 Å². The first kappa shape index (κ1) is 10.2. The zero-order chi connectivity index (χ0) is 11.7. The van der Waals surface area contributed by atoms with Crippen molar-refractivity contribution in [3.63, 3.8) is 0 Å². The van der Waals surface area contributed by atoms with Gasteiger partial charge >= 0.3 is 0 Å². The number of hydrogen-bond donors (Lipinski definition) is 0. The minimum absolute atomic E-state index is 0.863. The lowest BCUT2D eigenvalue weighted by Gasteiger charge is -2.17. The van der Waals surface area contributed by atoms with E-state index in [0.29, 0.717) is 0 Å². The number of pyridine rings is 1. The first-order valence-corrected chi connectivity index (χ1v) is 5.90. The summed E-state index contributed by atoms with van der Waals surface area (Å²) in [6.45, 7) is 2.98. The second kappa shape index (κ2) is 4.13. The van der Waals surface area contributed by atoms with Crippen LogP contribution in [0.15, 0.2) is 47.6 Å². The van der Waals surface area contributed by atoms with Crippen molar-refractivity contribution < 1.29 is 0 Å². The number of nitrogens with zero attached hydrogens (tertiary/aromatic N) is 2. The number of fused-ring (bicyclic) bond motifs is 1. The molecule has 0 aliphatic carbocycles. The first-order valence-electron chi connectivity index (χ1n) is 5.90. The molecule has 2 aromatic rings. The number of aliphatic imine (C=N–C) groups is 1. The summed E-state index contributed by atoms with van der Waals surface area (Å²) in [5.41, 5.74) is 5.91. The molecule has 1 aromatic carbocycles. The third-order valence-electron chi connectivity index (χ3n) is 3.08. The highest BCUT2D eigenvalue weighted by molar-refractivity contribution is 6.13. The van der Waals surface area contributed by atoms with Gasteiger partial charge in [0.1, 0.15) is 0 Å². The standard InChI is InChI=1S/C15H14N2/c1-11-5-6-12-7-9-17-15(13(12)10-11)14-4-2-3-8-16-14/h2-6,8,10H,7,9H2,1H3. The van der Waals surface area contributed by atoms with E-state index in [9.17, 15) is 0 Å². The van der Waals surface area contributed by atoms with Gasteiger partial charge in [-0.3, -0.25) is 9.98 Å². The molecule has 0 atom stereocenters. The lowest BCUT2D eigenvalue weighted by molar-refractivity contribution is 0.940. The third kappa shape index (κ3) is 1.86. The summed E-state index contributed by atoms with van der Waals surface area (Å²) in [6.07, 6.45) is 2.86. The van der Waals surface area contributed by atoms with Gasteiger partial charge in [-0.1, -0.05) is 23.8 Å². The molecule has 1 aromatic heterocycles. The molecule has 2 heterocycles. The van der Waals surface area contributed by atoms with Crippen molar-refractivity contribution in [3.05, 3.63) is 65.0 Å². The van der Waals surface area contributed by atoms with E-state index in [4.69, 9.17) is 0 Å². The van der Waals surface area contributed by atoms with Crippen LogP contribution in [0.2, 0.25) is 0 Å². The number of benzene rings is 1. The normalized spacial score (nSPS) is 14.1. The molecule has 0 unspecified atom stereocenters. The highest BCUT2D eigenvalue weighted by Crippen LogP contribution is 2.20. The summed E-state index contributed by atoms with van der Waals surface area (Å²) in [6, 6.07) is 12.6. The Labute approximate surface area is 101 Å². The van der Waals surface area contributed by atoms with Crippen LogP contribution in [0, 0.1) is 6.92 Å². The maximum Gasteiger partial charge on any atom is 0.0906 e. The van der Waals surface area contributed by atoms with Crippen molar-refractivity contribution in [1.82, 2.24) is 4.98 Å². The van der Waals surface area contributed by atoms with Gasteiger partial charge in [-0.2, -0.15) is 0 Å². The molecule has 0 N–H and O–H groups in total. The molecule has 84 valence electrons. The lowest BCUT2D eigenvalue weighted by atomic mass is 9.94. The van der Waals surface area contributed by atoms with Gasteiger partial charge in [-0.05, 0) is 37.1 Å². The Morgan fingerprint density at radius 3 is 2.88 bits per heavy atom. The van der Waals surface area contributed by atoms with E-state index in [-0.39, 0.29) is 0 Å². The van der Waals surface area contributed by atoms with Crippen LogP contribution in [-0.2, 0) is 6.42 Å². The van der Waals surface area contributed by atoms with Crippen molar-refractivity contribution in [1.29, 1.82) is 0 Å². The predicted molar refractivity (Wildman–Crippen MR) is 69.6 cm³/mol. The van der Waals surface area contributed by atoms with Crippen LogP contribution in [-0.4, -0.2) is 17.2 Å². The van der Waals surface area contributed by atoms with Crippen molar-refractivity contribution in [3.8, 4) is 0 Å². The molecule has 1 aliphatic heterocycles. The zero-order valence-electron chi connectivity index (χ0n) is 9.85. The largest absolute Gasteiger partial charge is 0.282 e. The Morgan fingerprint density at radius 2 is 2.06 bits per heavy atom. The van der Waals surface area contributed by atoms with Crippen LogP contribution < -0.4 is 0 Å². The second-order valence-corrected chi connectivity index (χ2v) is 4.36. The Morgan fingerprint density at radius 1 is 1.12 bits per heavy atom. The molecule has 2 heteroatoms. The fraction of sp³-hybridized carbons (Fsp3) is 0.200. The molecular formula is C15H14N2. The van der Waals surface area contributed by atoms with Gasteiger partial charge in [0.2, 0.25) is 0 Å². The maximum absolute atomic E-state index is 4.64. The van der Waals surface area contributed by atoms with Crippen LogP contribution in [0.3, 0.4) is 0 Å². The Balaban J connectivity index is 2.14. The molecule has 0 saturated heterocycles. The number of rotatable bonds is 1. The fourth-order valence-corrected chi connectivity index (χ4v) is 2.22. The van der Waals surface area contributed by atoms with E-state index in [1.54, 1.807) is 0 Å². The summed E-state index contributed by atoms with van der Waals surface area (Å²) < 4.78 is 0. The van der Waals surface area contributed by atoms with E-state index in [1.165, 1.54) is 16.7 Å². The van der Waals surface area contributed by atoms with Gasteiger partial charge in [0.25, 0.3) is 0 Å². The predicted octanol–water partition coefficient (Wildman–Crippen LogP) is 2.78. The quantitative estimate of drug-likeness (QED) is 0.728. The fourth-order valence-electron chi connectivity index (χ4n) is 2.22. The summed E-state index contributed by atoms with van der Waals surface area (Å²) in [5.74, 6) is 0. The monoisotopic (exact) mass is 222 g/mol. The van der Waals surface area contributed by atoms with Gasteiger partial charge in [0.05, 0.1) is 11.4 Å². The SMILES string of the molecule is Cc1ccc2c(c1)C(c1ccccn1)=NCC2. The molecule has 2 nitrogen and oxygen atoms in total. The molecule has 0 spiro atoms. The van der Waals surface area contributed by atoms with Gasteiger partial charge < -0.3 is 0 Å². The number of aryl methyl sites for hydroxylation is 1. The van der Waals surface area contributed by atoms with E-state index in [2.05, 4.69) is 35.1 Å². The first-order chi connectivity index (χ1) is 8.34. The van der Waals surface area contributed by atoms with Crippen molar-refractivity contribution in [2.45, 2.75) is 13.3 Å². The van der Waals surface area contributed by atoms with E-state index in [1.807, 2.05) is 24.4 Å². The molecule has 0 bridgehead atoms. The highest BCUT2D eigenvalue weighted by atomic mass is 14.8. The minimum atomic E-state index is 0.863. The van der Waals surface area contributed by atoms with Gasteiger partial charge in [-0.25, -0.2) is 0 Å². The number of hydrogen-bond acceptors (Lipinski definition) is 2. The Bertz CT molecular complexity index is 571. The second-order valence-electron chi connectivity index (χ2n) is 4.36. The van der Waals surface area contributed by atoms with Crippen molar-refractivity contribution in [2.75, 3.05) is 6.54 Å². The van der Waals surface area contributed by atoms with Crippen LogP contribution in [0.25, 0.3) is 0 Å². The van der Waals surface area contributed by atoms with E-state index < -0.39 is 0 Å². The lowest BCUT2D eigenvalue weighted by Crippen LogP contribution is -2.15. The molecule has 3 rings (SSSR count). The van der Waals surface area contributed by atoms with E-state index >= 15 is 0 Å². The summed E-state index contributed by atoms with van der Waals surface area (Å²) in [4.78, 5) is 9.04. The Kier molecular flexibility index (Phi) is 2.48. The van der Waals surface area contributed by atoms with Crippen molar-refractivity contribution in [2.24, 2.45) is 4.99 Å². The number of aromatic nitrogens is 1. The van der Waals surface area contributed by atoms with Crippen LogP contribution >= 0.6 is 0 Å². The summed E-state index contributed by atoms with van der Waals surface area (Å²) >= 11 is 0. The molecule has 0 radical (unpaired) electrons. The van der Waals surface area contributed by atoms with Gasteiger partial charge in [0.15, 0.2) is 0 Å². The smallest absolute Gasteiger partial charge is 0.0906 e. The molecule has 17 heavy (non-hydrogen) atoms. The average Bonchev–Trinajstić information content (AvgIpc) is 2.39. The highest BCUT2D eigenvalue weighted by Gasteiger charge is 2.16. The molecule has 1 aliphatic rings. The maximum atomic E-state index is 4.64.